The third-order valence-electron chi connectivity index (χ3n) is 5.12. The molecule has 161 valence electrons. The molecular formula is C24H23F6. The van der Waals surface area contributed by atoms with E-state index >= 15 is 0 Å². The van der Waals surface area contributed by atoms with Crippen LogP contribution < -0.4 is 0 Å². The fraction of sp³-hybridized carbons (Fsp3) is 0.375. The van der Waals surface area contributed by atoms with Gasteiger partial charge in [0.25, 0.3) is 0 Å². The second-order valence-electron chi connectivity index (χ2n) is 8.44. The number of hydrogen-bond donors (Lipinski definition) is 0. The molecule has 0 amide bonds. The zero-order chi connectivity index (χ0) is 22.4. The van der Waals surface area contributed by atoms with Crippen LogP contribution in [0.25, 0.3) is 17.2 Å². The molecule has 0 fully saturated rings. The van der Waals surface area contributed by atoms with Gasteiger partial charge in [0.2, 0.25) is 0 Å². The maximum atomic E-state index is 13.4. The van der Waals surface area contributed by atoms with Crippen LogP contribution >= 0.6 is 0 Å². The summed E-state index contributed by atoms with van der Waals surface area (Å²) in [5, 5.41) is 0. The normalized spacial score (nSPS) is 14.5. The van der Waals surface area contributed by atoms with Crippen LogP contribution in [0.15, 0.2) is 35.9 Å². The zero-order valence-electron chi connectivity index (χ0n) is 17.2. The number of hydrogen-bond acceptors (Lipinski definition) is 0. The van der Waals surface area contributed by atoms with E-state index in [0.29, 0.717) is 17.0 Å². The lowest BCUT2D eigenvalue weighted by Crippen LogP contribution is -2.11. The Morgan fingerprint density at radius 2 is 1.37 bits per heavy atom. The maximum Gasteiger partial charge on any atom is 0.416 e. The van der Waals surface area contributed by atoms with Gasteiger partial charge in [0.1, 0.15) is 0 Å². The molecule has 1 aliphatic rings. The van der Waals surface area contributed by atoms with E-state index < -0.39 is 23.5 Å². The maximum absolute atomic E-state index is 13.4. The molecule has 0 bridgehead atoms. The molecule has 30 heavy (non-hydrogen) atoms. The Balaban J connectivity index is 2.30. The highest BCUT2D eigenvalue weighted by atomic mass is 19.4. The van der Waals surface area contributed by atoms with Gasteiger partial charge in [-0.1, -0.05) is 51.5 Å². The van der Waals surface area contributed by atoms with Crippen molar-refractivity contribution in [2.24, 2.45) is 5.92 Å². The summed E-state index contributed by atoms with van der Waals surface area (Å²) in [6.07, 6.45) is -5.12. The third-order valence-corrected chi connectivity index (χ3v) is 5.12. The van der Waals surface area contributed by atoms with Crippen LogP contribution in [0.5, 0.6) is 0 Å². The Labute approximate surface area is 172 Å². The second kappa shape index (κ2) is 7.78. The molecule has 1 radical (unpaired) electrons. The van der Waals surface area contributed by atoms with Crippen LogP contribution in [-0.2, 0) is 12.4 Å². The Morgan fingerprint density at radius 3 is 1.83 bits per heavy atom. The van der Waals surface area contributed by atoms with E-state index in [0.717, 1.165) is 35.3 Å². The van der Waals surface area contributed by atoms with Gasteiger partial charge in [-0.15, -0.1) is 0 Å². The smallest absolute Gasteiger partial charge is 0.166 e. The van der Waals surface area contributed by atoms with Crippen molar-refractivity contribution >= 4 is 6.08 Å². The van der Waals surface area contributed by atoms with Crippen LogP contribution in [0, 0.1) is 12.3 Å². The average molecular weight is 425 g/mol. The van der Waals surface area contributed by atoms with Crippen molar-refractivity contribution in [1.29, 1.82) is 0 Å². The number of rotatable bonds is 4. The number of alkyl halides is 6. The quantitative estimate of drug-likeness (QED) is 0.431. The average Bonchev–Trinajstić information content (AvgIpc) is 3.00. The molecule has 0 saturated carbocycles. The first kappa shape index (κ1) is 22.4. The number of benzene rings is 2. The Kier molecular flexibility index (Phi) is 5.82. The lowest BCUT2D eigenvalue weighted by molar-refractivity contribution is -0.143. The highest BCUT2D eigenvalue weighted by Crippen LogP contribution is 2.44. The van der Waals surface area contributed by atoms with Crippen molar-refractivity contribution in [3.05, 3.63) is 70.1 Å². The minimum atomic E-state index is -4.88. The summed E-state index contributed by atoms with van der Waals surface area (Å²) in [5.74, 6) is 0.303. The van der Waals surface area contributed by atoms with E-state index in [2.05, 4.69) is 13.8 Å². The van der Waals surface area contributed by atoms with Gasteiger partial charge >= 0.3 is 12.4 Å². The zero-order valence-corrected chi connectivity index (χ0v) is 17.2. The molecule has 0 atom stereocenters. The SMILES string of the molecule is CC(C)CC1=Cc2c(ccc(C(C)C)c2-c2cc(C(F)(F)F)cc(C(F)(F)F)c2)[CH]1. The standard InChI is InChI=1S/C24H23F6/c1-13(2)7-15-8-16-5-6-20(14(3)4)22(21(16)9-15)17-10-18(23(25,26)27)12-19(11-17)24(28,29)30/h5-6,8-14H,7H2,1-4H3. The molecule has 0 heterocycles. The van der Waals surface area contributed by atoms with Gasteiger partial charge in [0.15, 0.2) is 0 Å². The van der Waals surface area contributed by atoms with Crippen molar-refractivity contribution in [1.82, 2.24) is 0 Å². The molecular weight excluding hydrogens is 402 g/mol. The van der Waals surface area contributed by atoms with Gasteiger partial charge < -0.3 is 0 Å². The molecule has 1 aliphatic carbocycles. The van der Waals surface area contributed by atoms with Crippen molar-refractivity contribution in [2.75, 3.05) is 0 Å². The summed E-state index contributed by atoms with van der Waals surface area (Å²) < 4.78 is 80.4. The molecule has 2 aromatic rings. The number of halogens is 6. The van der Waals surface area contributed by atoms with Crippen LogP contribution in [0.3, 0.4) is 0 Å². The fourth-order valence-corrected chi connectivity index (χ4v) is 3.85. The molecule has 0 aliphatic heterocycles. The van der Waals surface area contributed by atoms with E-state index in [9.17, 15) is 26.3 Å². The first-order chi connectivity index (χ1) is 13.8. The van der Waals surface area contributed by atoms with Gasteiger partial charge in [-0.05, 0) is 64.3 Å². The summed E-state index contributed by atoms with van der Waals surface area (Å²) in [6.45, 7) is 7.86. The van der Waals surface area contributed by atoms with E-state index in [1.807, 2.05) is 32.4 Å². The van der Waals surface area contributed by atoms with E-state index in [1.165, 1.54) is 0 Å². The topological polar surface area (TPSA) is 0 Å². The van der Waals surface area contributed by atoms with Crippen molar-refractivity contribution in [3.63, 3.8) is 0 Å². The first-order valence-corrected chi connectivity index (χ1v) is 9.79. The van der Waals surface area contributed by atoms with Crippen LogP contribution in [0.2, 0.25) is 0 Å². The highest BCUT2D eigenvalue weighted by Gasteiger charge is 2.37. The Bertz CT molecular complexity index is 942. The molecule has 0 N–H and O–H groups in total. The van der Waals surface area contributed by atoms with Gasteiger partial charge in [0, 0.05) is 6.42 Å². The Hall–Kier alpha value is -2.24. The van der Waals surface area contributed by atoms with Crippen LogP contribution in [0.4, 0.5) is 26.3 Å². The van der Waals surface area contributed by atoms with Gasteiger partial charge in [-0.3, -0.25) is 0 Å². The van der Waals surface area contributed by atoms with Crippen LogP contribution in [0.1, 0.15) is 67.9 Å². The largest absolute Gasteiger partial charge is 0.416 e. The highest BCUT2D eigenvalue weighted by molar-refractivity contribution is 5.86. The predicted molar refractivity (Wildman–Crippen MR) is 107 cm³/mol. The van der Waals surface area contributed by atoms with E-state index in [4.69, 9.17) is 0 Å². The summed E-state index contributed by atoms with van der Waals surface area (Å²) in [7, 11) is 0. The second-order valence-corrected chi connectivity index (χ2v) is 8.44. The summed E-state index contributed by atoms with van der Waals surface area (Å²) in [6, 6.07) is 5.51. The van der Waals surface area contributed by atoms with Gasteiger partial charge in [-0.25, -0.2) is 0 Å². The first-order valence-electron chi connectivity index (χ1n) is 9.79. The van der Waals surface area contributed by atoms with Gasteiger partial charge in [-0.2, -0.15) is 26.3 Å². The lowest BCUT2D eigenvalue weighted by Gasteiger charge is -2.20. The number of fused-ring (bicyclic) bond motifs is 1. The van der Waals surface area contributed by atoms with E-state index in [1.54, 1.807) is 6.07 Å². The summed E-state index contributed by atoms with van der Waals surface area (Å²) in [4.78, 5) is 0. The molecule has 2 aromatic carbocycles. The van der Waals surface area contributed by atoms with Gasteiger partial charge in [0.05, 0.1) is 11.1 Å². The third kappa shape index (κ3) is 4.57. The van der Waals surface area contributed by atoms with E-state index in [-0.39, 0.29) is 17.5 Å². The molecule has 0 nitrogen and oxygen atoms in total. The van der Waals surface area contributed by atoms with Crippen molar-refractivity contribution < 1.29 is 26.3 Å². The van der Waals surface area contributed by atoms with Crippen molar-refractivity contribution in [2.45, 2.75) is 52.4 Å². The summed E-state index contributed by atoms with van der Waals surface area (Å²) >= 11 is 0. The molecule has 0 aromatic heterocycles. The molecule has 6 heteroatoms. The number of allylic oxidation sites excluding steroid dienone is 1. The minimum Gasteiger partial charge on any atom is -0.166 e. The molecule has 0 spiro atoms. The fourth-order valence-electron chi connectivity index (χ4n) is 3.85. The summed E-state index contributed by atoms with van der Waals surface area (Å²) in [5.41, 5.74) is 1.02. The Morgan fingerprint density at radius 1 is 0.800 bits per heavy atom. The lowest BCUT2D eigenvalue weighted by atomic mass is 9.86. The van der Waals surface area contributed by atoms with Crippen molar-refractivity contribution in [3.8, 4) is 11.1 Å². The predicted octanol–water partition coefficient (Wildman–Crippen LogP) is 8.51. The molecule has 3 rings (SSSR count). The minimum absolute atomic E-state index is 0.0619. The molecule has 0 unspecified atom stereocenters. The molecule has 0 saturated heterocycles. The monoisotopic (exact) mass is 425 g/mol. The van der Waals surface area contributed by atoms with Crippen LogP contribution in [-0.4, -0.2) is 0 Å².